The zero-order valence-corrected chi connectivity index (χ0v) is 19.4. The fourth-order valence-electron chi connectivity index (χ4n) is 5.48. The van der Waals surface area contributed by atoms with E-state index < -0.39 is 6.10 Å². The van der Waals surface area contributed by atoms with Crippen molar-refractivity contribution in [2.45, 2.75) is 24.9 Å². The van der Waals surface area contributed by atoms with Crippen molar-refractivity contribution in [3.8, 4) is 11.1 Å². The molecular weight excluding hydrogens is 434 g/mol. The second kappa shape index (κ2) is 9.05. The van der Waals surface area contributed by atoms with Crippen LogP contribution < -0.4 is 4.90 Å². The highest BCUT2D eigenvalue weighted by molar-refractivity contribution is 5.89. The first kappa shape index (κ1) is 21.6. The van der Waals surface area contributed by atoms with Gasteiger partial charge in [-0.25, -0.2) is 4.79 Å². The summed E-state index contributed by atoms with van der Waals surface area (Å²) in [5.41, 5.74) is 8.49. The molecule has 0 saturated heterocycles. The van der Waals surface area contributed by atoms with E-state index >= 15 is 0 Å². The third-order valence-corrected chi connectivity index (χ3v) is 7.21. The van der Waals surface area contributed by atoms with Crippen molar-refractivity contribution < 1.29 is 14.6 Å². The lowest BCUT2D eigenvalue weighted by Crippen LogP contribution is -2.36. The average molecular weight is 462 g/mol. The van der Waals surface area contributed by atoms with Gasteiger partial charge in [-0.2, -0.15) is 0 Å². The van der Waals surface area contributed by atoms with E-state index in [4.69, 9.17) is 4.74 Å². The molecule has 0 aromatic heterocycles. The van der Waals surface area contributed by atoms with E-state index in [1.807, 2.05) is 60.7 Å². The van der Waals surface area contributed by atoms with Crippen LogP contribution in [0.25, 0.3) is 11.1 Å². The number of nitrogens with zero attached hydrogens (tertiary/aromatic N) is 1. The van der Waals surface area contributed by atoms with Crippen LogP contribution in [-0.4, -0.2) is 24.4 Å². The van der Waals surface area contributed by atoms with Crippen LogP contribution >= 0.6 is 0 Å². The minimum Gasteiger partial charge on any atom is -0.448 e. The minimum absolute atomic E-state index is 0.0407. The zero-order valence-electron chi connectivity index (χ0n) is 19.4. The molecule has 1 N–H and O–H groups in total. The molecule has 0 saturated carbocycles. The molecule has 4 nitrogen and oxygen atoms in total. The lowest BCUT2D eigenvalue weighted by molar-refractivity contribution is 0.150. The molecule has 2 aliphatic rings. The van der Waals surface area contributed by atoms with Crippen molar-refractivity contribution in [1.82, 2.24) is 0 Å². The van der Waals surface area contributed by atoms with E-state index in [0.717, 1.165) is 35.2 Å². The van der Waals surface area contributed by atoms with E-state index in [9.17, 15) is 9.90 Å². The second-order valence-corrected chi connectivity index (χ2v) is 9.26. The number of anilines is 1. The molecule has 1 atom stereocenters. The van der Waals surface area contributed by atoms with E-state index in [1.165, 1.54) is 22.3 Å². The molecule has 1 heterocycles. The summed E-state index contributed by atoms with van der Waals surface area (Å²) in [5.74, 6) is 0.0407. The maximum atomic E-state index is 13.2. The fourth-order valence-corrected chi connectivity index (χ4v) is 5.48. The summed E-state index contributed by atoms with van der Waals surface area (Å²) >= 11 is 0. The van der Waals surface area contributed by atoms with Crippen LogP contribution in [0.3, 0.4) is 0 Å². The molecule has 1 aliphatic heterocycles. The molecule has 0 bridgehead atoms. The van der Waals surface area contributed by atoms with Gasteiger partial charge in [0, 0.05) is 12.5 Å². The molecule has 1 aliphatic carbocycles. The Hall–Kier alpha value is -3.89. The molecule has 0 fully saturated rings. The topological polar surface area (TPSA) is 49.8 Å². The number of fused-ring (bicyclic) bond motifs is 4. The number of carbonyl (C=O) groups excluding carboxylic acids is 1. The van der Waals surface area contributed by atoms with Crippen LogP contribution in [0.2, 0.25) is 0 Å². The van der Waals surface area contributed by atoms with Gasteiger partial charge >= 0.3 is 6.09 Å². The van der Waals surface area contributed by atoms with Crippen molar-refractivity contribution in [3.05, 3.63) is 125 Å². The van der Waals surface area contributed by atoms with Gasteiger partial charge in [0.15, 0.2) is 0 Å². The second-order valence-electron chi connectivity index (χ2n) is 9.26. The summed E-state index contributed by atoms with van der Waals surface area (Å²) in [6, 6.07) is 32.2. The summed E-state index contributed by atoms with van der Waals surface area (Å²) in [6.45, 7) is 0.938. The predicted molar refractivity (Wildman–Crippen MR) is 138 cm³/mol. The summed E-state index contributed by atoms with van der Waals surface area (Å²) in [5, 5.41) is 10.8. The number of amides is 1. The largest absolute Gasteiger partial charge is 0.448 e. The summed E-state index contributed by atoms with van der Waals surface area (Å²) in [6.07, 6.45) is 0.732. The van der Waals surface area contributed by atoms with E-state index in [1.54, 1.807) is 4.90 Å². The van der Waals surface area contributed by atoms with Crippen molar-refractivity contribution in [1.29, 1.82) is 0 Å². The highest BCUT2D eigenvalue weighted by Gasteiger charge is 2.31. The molecule has 4 heteroatoms. The molecule has 35 heavy (non-hydrogen) atoms. The Labute approximate surface area is 205 Å². The quantitative estimate of drug-likeness (QED) is 0.379. The maximum absolute atomic E-state index is 13.2. The Morgan fingerprint density at radius 3 is 2.23 bits per heavy atom. The van der Waals surface area contributed by atoms with Crippen LogP contribution in [0.15, 0.2) is 97.1 Å². The van der Waals surface area contributed by atoms with Gasteiger partial charge < -0.3 is 9.84 Å². The Morgan fingerprint density at radius 2 is 1.51 bits per heavy atom. The van der Waals surface area contributed by atoms with Gasteiger partial charge in [-0.15, -0.1) is 0 Å². The third kappa shape index (κ3) is 3.90. The van der Waals surface area contributed by atoms with Crippen LogP contribution in [0.5, 0.6) is 0 Å². The molecule has 0 radical (unpaired) electrons. The normalized spacial score (nSPS) is 15.2. The Kier molecular flexibility index (Phi) is 5.59. The van der Waals surface area contributed by atoms with E-state index in [2.05, 4.69) is 36.4 Å². The van der Waals surface area contributed by atoms with Crippen LogP contribution in [0, 0.1) is 0 Å². The SMILES string of the molecule is O=C(OCC1c2ccccc2-c2ccccc21)N1CCCc2cc(C(O)c3ccccc3)ccc21. The van der Waals surface area contributed by atoms with Gasteiger partial charge in [0.25, 0.3) is 0 Å². The van der Waals surface area contributed by atoms with Crippen LogP contribution in [0.4, 0.5) is 10.5 Å². The van der Waals surface area contributed by atoms with E-state index in [-0.39, 0.29) is 12.0 Å². The Balaban J connectivity index is 1.21. The number of aliphatic hydroxyl groups is 1. The van der Waals surface area contributed by atoms with Gasteiger partial charge in [-0.3, -0.25) is 4.90 Å². The summed E-state index contributed by atoms with van der Waals surface area (Å²) < 4.78 is 5.92. The zero-order chi connectivity index (χ0) is 23.8. The van der Waals surface area contributed by atoms with Gasteiger partial charge in [0.05, 0.1) is 5.69 Å². The lowest BCUT2D eigenvalue weighted by atomic mass is 9.95. The molecule has 4 aromatic carbocycles. The van der Waals surface area contributed by atoms with Gasteiger partial charge in [0.1, 0.15) is 12.7 Å². The van der Waals surface area contributed by atoms with Gasteiger partial charge in [-0.05, 0) is 57.9 Å². The maximum Gasteiger partial charge on any atom is 0.414 e. The standard InChI is InChI=1S/C31H27NO3/c33-30(21-9-2-1-3-10-21)23-16-17-29-22(19-23)11-8-18-32(29)31(34)35-20-28-26-14-6-4-12-24(26)25-13-5-7-15-27(25)28/h1-7,9-10,12-17,19,28,30,33H,8,11,18,20H2. The number of hydrogen-bond acceptors (Lipinski definition) is 3. The molecule has 1 unspecified atom stereocenters. The summed E-state index contributed by atoms with van der Waals surface area (Å²) in [7, 11) is 0. The monoisotopic (exact) mass is 461 g/mol. The van der Waals surface area contributed by atoms with Crippen molar-refractivity contribution >= 4 is 11.8 Å². The molecule has 6 rings (SSSR count). The minimum atomic E-state index is -0.689. The van der Waals surface area contributed by atoms with Crippen molar-refractivity contribution in [2.75, 3.05) is 18.1 Å². The highest BCUT2D eigenvalue weighted by Crippen LogP contribution is 2.44. The van der Waals surface area contributed by atoms with E-state index in [0.29, 0.717) is 13.2 Å². The number of benzene rings is 4. The van der Waals surface area contributed by atoms with Gasteiger partial charge in [0.2, 0.25) is 0 Å². The number of aryl methyl sites for hydroxylation is 1. The number of carbonyl (C=O) groups is 1. The van der Waals surface area contributed by atoms with Gasteiger partial charge in [-0.1, -0.05) is 91.0 Å². The third-order valence-electron chi connectivity index (χ3n) is 7.21. The predicted octanol–water partition coefficient (Wildman–Crippen LogP) is 6.47. The summed E-state index contributed by atoms with van der Waals surface area (Å²) in [4.78, 5) is 15.0. The number of aliphatic hydroxyl groups excluding tert-OH is 1. The number of ether oxygens (including phenoxy) is 1. The first-order chi connectivity index (χ1) is 17.2. The first-order valence-corrected chi connectivity index (χ1v) is 12.2. The highest BCUT2D eigenvalue weighted by atomic mass is 16.6. The fraction of sp³-hybridized carbons (Fsp3) is 0.194. The molecular formula is C31H27NO3. The molecule has 0 spiro atoms. The Bertz CT molecular complexity index is 1340. The number of hydrogen-bond donors (Lipinski definition) is 1. The molecule has 1 amide bonds. The first-order valence-electron chi connectivity index (χ1n) is 12.2. The smallest absolute Gasteiger partial charge is 0.414 e. The average Bonchev–Trinajstić information content (AvgIpc) is 3.24. The van der Waals surface area contributed by atoms with Crippen molar-refractivity contribution in [3.63, 3.8) is 0 Å². The van der Waals surface area contributed by atoms with Crippen LogP contribution in [-0.2, 0) is 11.2 Å². The Morgan fingerprint density at radius 1 is 0.857 bits per heavy atom. The van der Waals surface area contributed by atoms with Crippen molar-refractivity contribution in [2.24, 2.45) is 0 Å². The lowest BCUT2D eigenvalue weighted by Gasteiger charge is -2.30. The molecule has 4 aromatic rings. The number of rotatable bonds is 4. The van der Waals surface area contributed by atoms with Crippen LogP contribution in [0.1, 0.15) is 46.3 Å². The molecule has 174 valence electrons.